The molecule has 1 atom stereocenters. The first-order valence-corrected chi connectivity index (χ1v) is 6.60. The summed E-state index contributed by atoms with van der Waals surface area (Å²) in [5.41, 5.74) is 0.847. The SMILES string of the molecule is CCN(C)C(=O)C(C)NC(=O)c1cncc(C#CCO)c1. The van der Waals surface area contributed by atoms with Gasteiger partial charge in [-0.05, 0) is 19.9 Å². The lowest BCUT2D eigenvalue weighted by atomic mass is 10.2. The van der Waals surface area contributed by atoms with Crippen LogP contribution in [0.2, 0.25) is 0 Å². The summed E-state index contributed by atoms with van der Waals surface area (Å²) in [7, 11) is 1.68. The van der Waals surface area contributed by atoms with E-state index in [4.69, 9.17) is 5.11 Å². The van der Waals surface area contributed by atoms with Crippen molar-refractivity contribution in [3.05, 3.63) is 29.6 Å². The van der Waals surface area contributed by atoms with Crippen molar-refractivity contribution < 1.29 is 14.7 Å². The summed E-state index contributed by atoms with van der Waals surface area (Å²) in [5.74, 6) is 4.61. The summed E-state index contributed by atoms with van der Waals surface area (Å²) in [5, 5.41) is 11.3. The molecule has 112 valence electrons. The number of amides is 2. The van der Waals surface area contributed by atoms with E-state index in [0.717, 1.165) is 0 Å². The topological polar surface area (TPSA) is 82.5 Å². The third kappa shape index (κ3) is 4.89. The summed E-state index contributed by atoms with van der Waals surface area (Å²) in [6.45, 7) is 3.81. The van der Waals surface area contributed by atoms with Crippen LogP contribution in [0.25, 0.3) is 0 Å². The van der Waals surface area contributed by atoms with Crippen LogP contribution in [0.15, 0.2) is 18.5 Å². The molecule has 1 unspecified atom stereocenters. The molecule has 1 heterocycles. The highest BCUT2D eigenvalue weighted by Gasteiger charge is 2.19. The van der Waals surface area contributed by atoms with E-state index < -0.39 is 6.04 Å². The van der Waals surface area contributed by atoms with Crippen LogP contribution in [0.3, 0.4) is 0 Å². The van der Waals surface area contributed by atoms with Crippen LogP contribution >= 0.6 is 0 Å². The van der Waals surface area contributed by atoms with Crippen LogP contribution in [0.1, 0.15) is 29.8 Å². The van der Waals surface area contributed by atoms with Crippen LogP contribution in [0.5, 0.6) is 0 Å². The molecule has 0 aliphatic carbocycles. The number of nitrogens with one attached hydrogen (secondary N) is 1. The normalized spacial score (nSPS) is 11.0. The molecular weight excluding hydrogens is 270 g/mol. The number of nitrogens with zero attached hydrogens (tertiary/aromatic N) is 2. The zero-order valence-electron chi connectivity index (χ0n) is 12.4. The van der Waals surface area contributed by atoms with Gasteiger partial charge in [-0.25, -0.2) is 0 Å². The van der Waals surface area contributed by atoms with Gasteiger partial charge in [-0.15, -0.1) is 0 Å². The fraction of sp³-hybridized carbons (Fsp3) is 0.400. The second-order valence-electron chi connectivity index (χ2n) is 4.47. The Balaban J connectivity index is 2.78. The van der Waals surface area contributed by atoms with Crippen molar-refractivity contribution in [1.29, 1.82) is 0 Å². The molecule has 21 heavy (non-hydrogen) atoms. The molecule has 1 aromatic rings. The summed E-state index contributed by atoms with van der Waals surface area (Å²) < 4.78 is 0. The van der Waals surface area contributed by atoms with Crippen molar-refractivity contribution in [3.63, 3.8) is 0 Å². The number of rotatable bonds is 4. The van der Waals surface area contributed by atoms with E-state index in [1.54, 1.807) is 20.0 Å². The number of aromatic nitrogens is 1. The Kier molecular flexibility index (Phi) is 6.37. The average molecular weight is 289 g/mol. The Morgan fingerprint density at radius 3 is 2.81 bits per heavy atom. The fourth-order valence-corrected chi connectivity index (χ4v) is 1.60. The number of carbonyl (C=O) groups excluding carboxylic acids is 2. The Morgan fingerprint density at radius 2 is 2.19 bits per heavy atom. The summed E-state index contributed by atoms with van der Waals surface area (Å²) in [6, 6.07) is 0.945. The molecule has 0 aromatic carbocycles. The first-order chi connectivity index (χ1) is 9.99. The molecule has 6 nitrogen and oxygen atoms in total. The number of aliphatic hydroxyl groups excluding tert-OH is 1. The molecule has 0 saturated heterocycles. The Hall–Kier alpha value is -2.39. The van der Waals surface area contributed by atoms with Gasteiger partial charge in [0.15, 0.2) is 0 Å². The van der Waals surface area contributed by atoms with Gasteiger partial charge < -0.3 is 15.3 Å². The smallest absolute Gasteiger partial charge is 0.253 e. The maximum absolute atomic E-state index is 12.1. The first-order valence-electron chi connectivity index (χ1n) is 6.60. The highest BCUT2D eigenvalue weighted by molar-refractivity contribution is 5.97. The van der Waals surface area contributed by atoms with Crippen LogP contribution in [0.4, 0.5) is 0 Å². The number of carbonyl (C=O) groups is 2. The van der Waals surface area contributed by atoms with E-state index in [2.05, 4.69) is 22.1 Å². The van der Waals surface area contributed by atoms with E-state index in [1.165, 1.54) is 17.3 Å². The summed E-state index contributed by atoms with van der Waals surface area (Å²) in [4.78, 5) is 29.4. The van der Waals surface area contributed by atoms with E-state index in [-0.39, 0.29) is 18.4 Å². The van der Waals surface area contributed by atoms with E-state index in [1.807, 2.05) is 6.92 Å². The summed E-state index contributed by atoms with van der Waals surface area (Å²) >= 11 is 0. The standard InChI is InChI=1S/C15H19N3O3/c1-4-18(3)15(21)11(2)17-14(20)13-8-12(6-5-7-19)9-16-10-13/h8-11,19H,4,7H2,1-3H3,(H,17,20). The Morgan fingerprint density at radius 1 is 1.48 bits per heavy atom. The molecule has 0 radical (unpaired) electrons. The highest BCUT2D eigenvalue weighted by atomic mass is 16.2. The van der Waals surface area contributed by atoms with Gasteiger partial charge in [-0.3, -0.25) is 14.6 Å². The lowest BCUT2D eigenvalue weighted by Gasteiger charge is -2.20. The monoisotopic (exact) mass is 289 g/mol. The Bertz CT molecular complexity index is 575. The van der Waals surface area contributed by atoms with E-state index in [9.17, 15) is 9.59 Å². The third-order valence-corrected chi connectivity index (χ3v) is 2.88. The number of hydrogen-bond donors (Lipinski definition) is 2. The van der Waals surface area contributed by atoms with Crippen molar-refractivity contribution in [1.82, 2.24) is 15.2 Å². The molecule has 1 rings (SSSR count). The van der Waals surface area contributed by atoms with Crippen LogP contribution in [0, 0.1) is 11.8 Å². The quantitative estimate of drug-likeness (QED) is 0.766. The zero-order chi connectivity index (χ0) is 15.8. The van der Waals surface area contributed by atoms with Gasteiger partial charge in [-0.2, -0.15) is 0 Å². The van der Waals surface area contributed by atoms with E-state index >= 15 is 0 Å². The number of aliphatic hydroxyl groups is 1. The van der Waals surface area contributed by atoms with Gasteiger partial charge in [0.2, 0.25) is 5.91 Å². The molecule has 0 aliphatic heterocycles. The largest absolute Gasteiger partial charge is 0.384 e. The molecule has 2 N–H and O–H groups in total. The predicted octanol–water partition coefficient (Wildman–Crippen LogP) is 0.0220. The number of hydrogen-bond acceptors (Lipinski definition) is 4. The second-order valence-corrected chi connectivity index (χ2v) is 4.47. The van der Waals surface area contributed by atoms with E-state index in [0.29, 0.717) is 17.7 Å². The molecule has 2 amide bonds. The second kappa shape index (κ2) is 8.02. The first kappa shape index (κ1) is 16.7. The van der Waals surface area contributed by atoms with Crippen molar-refractivity contribution >= 4 is 11.8 Å². The molecule has 6 heteroatoms. The van der Waals surface area contributed by atoms with Gasteiger partial charge in [0, 0.05) is 31.5 Å². The molecule has 0 bridgehead atoms. The molecule has 0 aliphatic rings. The molecule has 0 fully saturated rings. The maximum atomic E-state index is 12.1. The van der Waals surface area contributed by atoms with Gasteiger partial charge in [0.1, 0.15) is 12.6 Å². The molecule has 1 aromatic heterocycles. The summed E-state index contributed by atoms with van der Waals surface area (Å²) in [6.07, 6.45) is 2.90. The van der Waals surface area contributed by atoms with Gasteiger partial charge in [0.25, 0.3) is 5.91 Å². The number of pyridine rings is 1. The lowest BCUT2D eigenvalue weighted by Crippen LogP contribution is -2.45. The van der Waals surface area contributed by atoms with Crippen molar-refractivity contribution in [3.8, 4) is 11.8 Å². The van der Waals surface area contributed by atoms with Crippen molar-refractivity contribution in [2.45, 2.75) is 19.9 Å². The van der Waals surface area contributed by atoms with Crippen molar-refractivity contribution in [2.24, 2.45) is 0 Å². The highest BCUT2D eigenvalue weighted by Crippen LogP contribution is 2.03. The number of likely N-dealkylation sites (N-methyl/N-ethyl adjacent to an activating group) is 1. The minimum absolute atomic E-state index is 0.157. The zero-order valence-corrected chi connectivity index (χ0v) is 12.4. The minimum atomic E-state index is -0.616. The lowest BCUT2D eigenvalue weighted by molar-refractivity contribution is -0.131. The minimum Gasteiger partial charge on any atom is -0.384 e. The maximum Gasteiger partial charge on any atom is 0.253 e. The van der Waals surface area contributed by atoms with Gasteiger partial charge in [-0.1, -0.05) is 11.8 Å². The predicted molar refractivity (Wildman–Crippen MR) is 78.4 cm³/mol. The van der Waals surface area contributed by atoms with Crippen LogP contribution < -0.4 is 5.32 Å². The van der Waals surface area contributed by atoms with Gasteiger partial charge >= 0.3 is 0 Å². The van der Waals surface area contributed by atoms with Crippen LogP contribution in [-0.4, -0.2) is 53.0 Å². The average Bonchev–Trinajstić information content (AvgIpc) is 2.51. The van der Waals surface area contributed by atoms with Gasteiger partial charge in [0.05, 0.1) is 5.56 Å². The molecule has 0 saturated carbocycles. The van der Waals surface area contributed by atoms with Crippen LogP contribution in [-0.2, 0) is 4.79 Å². The fourth-order valence-electron chi connectivity index (χ4n) is 1.60. The molecule has 0 spiro atoms. The molecular formula is C15H19N3O3. The third-order valence-electron chi connectivity index (χ3n) is 2.88. The van der Waals surface area contributed by atoms with Crippen molar-refractivity contribution in [2.75, 3.05) is 20.2 Å². The Labute approximate surface area is 124 Å².